The fraction of sp³-hybridized carbons (Fsp3) is 0.667. The fourth-order valence-electron chi connectivity index (χ4n) is 2.18. The lowest BCUT2D eigenvalue weighted by Crippen LogP contribution is -2.42. The van der Waals surface area contributed by atoms with Gasteiger partial charge < -0.3 is 10.7 Å². The highest BCUT2D eigenvalue weighted by atomic mass is 16.2. The number of hydrogen-bond acceptors (Lipinski definition) is 3. The second kappa shape index (κ2) is 6.39. The SMILES string of the molecule is CCCC(CN)(CCC)C(=O)Nc1ncc[nH]1. The number of carbonyl (C=O) groups excluding carboxylic acids is 1. The van der Waals surface area contributed by atoms with E-state index in [9.17, 15) is 4.79 Å². The van der Waals surface area contributed by atoms with Gasteiger partial charge in [0, 0.05) is 18.9 Å². The molecule has 0 saturated heterocycles. The Balaban J connectivity index is 2.77. The van der Waals surface area contributed by atoms with Crippen LogP contribution in [-0.2, 0) is 4.79 Å². The lowest BCUT2D eigenvalue weighted by molar-refractivity contribution is -0.126. The maximum atomic E-state index is 12.3. The molecule has 0 saturated carbocycles. The van der Waals surface area contributed by atoms with Crippen LogP contribution in [0.15, 0.2) is 12.4 Å². The van der Waals surface area contributed by atoms with Crippen LogP contribution in [0.5, 0.6) is 0 Å². The third-order valence-electron chi connectivity index (χ3n) is 3.06. The van der Waals surface area contributed by atoms with E-state index in [0.717, 1.165) is 25.7 Å². The summed E-state index contributed by atoms with van der Waals surface area (Å²) in [6.45, 7) is 4.52. The first-order chi connectivity index (χ1) is 8.18. The Bertz CT molecular complexity index is 328. The summed E-state index contributed by atoms with van der Waals surface area (Å²) in [6.07, 6.45) is 6.80. The molecule has 0 radical (unpaired) electrons. The molecule has 0 aliphatic carbocycles. The van der Waals surface area contributed by atoms with Crippen LogP contribution >= 0.6 is 0 Å². The minimum absolute atomic E-state index is 0.0290. The first kappa shape index (κ1) is 13.7. The average Bonchev–Trinajstić information content (AvgIpc) is 2.81. The summed E-state index contributed by atoms with van der Waals surface area (Å²) in [6, 6.07) is 0. The van der Waals surface area contributed by atoms with Gasteiger partial charge in [0.05, 0.1) is 5.41 Å². The van der Waals surface area contributed by atoms with Gasteiger partial charge in [-0.25, -0.2) is 4.98 Å². The number of hydrogen-bond donors (Lipinski definition) is 3. The number of H-pyrrole nitrogens is 1. The molecule has 17 heavy (non-hydrogen) atoms. The molecule has 0 bridgehead atoms. The molecule has 5 nitrogen and oxygen atoms in total. The molecular formula is C12H22N4O. The molecule has 1 heterocycles. The molecule has 0 fully saturated rings. The Hall–Kier alpha value is -1.36. The monoisotopic (exact) mass is 238 g/mol. The van der Waals surface area contributed by atoms with E-state index in [1.54, 1.807) is 12.4 Å². The van der Waals surface area contributed by atoms with Gasteiger partial charge in [-0.05, 0) is 12.8 Å². The number of rotatable bonds is 7. The standard InChI is InChI=1S/C12H22N4O/c1-3-5-12(9-13,6-4-2)10(17)16-11-14-7-8-15-11/h7-8H,3-6,9,13H2,1-2H3,(H2,14,15,16,17). The summed E-state index contributed by atoms with van der Waals surface area (Å²) < 4.78 is 0. The van der Waals surface area contributed by atoms with Crippen LogP contribution in [0.25, 0.3) is 0 Å². The van der Waals surface area contributed by atoms with E-state index >= 15 is 0 Å². The van der Waals surface area contributed by atoms with E-state index in [-0.39, 0.29) is 5.91 Å². The number of nitrogens with one attached hydrogen (secondary N) is 2. The Morgan fingerprint density at radius 2 is 2.12 bits per heavy atom. The molecule has 1 aromatic heterocycles. The van der Waals surface area contributed by atoms with Gasteiger partial charge in [0.1, 0.15) is 0 Å². The number of nitrogens with two attached hydrogens (primary N) is 1. The number of amides is 1. The van der Waals surface area contributed by atoms with Crippen molar-refractivity contribution < 1.29 is 4.79 Å². The Morgan fingerprint density at radius 1 is 1.47 bits per heavy atom. The van der Waals surface area contributed by atoms with Gasteiger partial charge in [0.25, 0.3) is 0 Å². The van der Waals surface area contributed by atoms with Crippen LogP contribution < -0.4 is 11.1 Å². The van der Waals surface area contributed by atoms with Crippen LogP contribution in [0.3, 0.4) is 0 Å². The zero-order valence-corrected chi connectivity index (χ0v) is 10.6. The number of carbonyl (C=O) groups is 1. The van der Waals surface area contributed by atoms with E-state index in [1.165, 1.54) is 0 Å². The van der Waals surface area contributed by atoms with Crippen LogP contribution in [0, 0.1) is 5.41 Å². The summed E-state index contributed by atoms with van der Waals surface area (Å²) in [5, 5.41) is 2.80. The van der Waals surface area contributed by atoms with E-state index in [1.807, 2.05) is 0 Å². The van der Waals surface area contributed by atoms with Crippen LogP contribution in [0.2, 0.25) is 0 Å². The molecule has 0 unspecified atom stereocenters. The molecule has 5 heteroatoms. The molecule has 1 aromatic rings. The first-order valence-corrected chi connectivity index (χ1v) is 6.19. The summed E-state index contributed by atoms with van der Waals surface area (Å²) in [7, 11) is 0. The van der Waals surface area contributed by atoms with Gasteiger partial charge in [-0.1, -0.05) is 26.7 Å². The van der Waals surface area contributed by atoms with Crippen LogP contribution in [0.4, 0.5) is 5.95 Å². The van der Waals surface area contributed by atoms with E-state index < -0.39 is 5.41 Å². The van der Waals surface area contributed by atoms with Gasteiger partial charge in [-0.3, -0.25) is 10.1 Å². The molecule has 0 aliphatic rings. The summed E-state index contributed by atoms with van der Waals surface area (Å²) >= 11 is 0. The molecule has 96 valence electrons. The number of imidazole rings is 1. The van der Waals surface area contributed by atoms with Crippen LogP contribution in [0.1, 0.15) is 39.5 Å². The van der Waals surface area contributed by atoms with Crippen LogP contribution in [-0.4, -0.2) is 22.4 Å². The van der Waals surface area contributed by atoms with Gasteiger partial charge in [0.2, 0.25) is 11.9 Å². The van der Waals surface area contributed by atoms with E-state index in [0.29, 0.717) is 12.5 Å². The van der Waals surface area contributed by atoms with Gasteiger partial charge in [0.15, 0.2) is 0 Å². The van der Waals surface area contributed by atoms with Crippen molar-refractivity contribution in [2.24, 2.45) is 11.1 Å². The highest BCUT2D eigenvalue weighted by Gasteiger charge is 2.35. The summed E-state index contributed by atoms with van der Waals surface area (Å²) in [5.41, 5.74) is 5.36. The Morgan fingerprint density at radius 3 is 2.53 bits per heavy atom. The quantitative estimate of drug-likeness (QED) is 0.678. The summed E-state index contributed by atoms with van der Waals surface area (Å²) in [4.78, 5) is 19.2. The van der Waals surface area contributed by atoms with Crippen molar-refractivity contribution >= 4 is 11.9 Å². The lowest BCUT2D eigenvalue weighted by Gasteiger charge is -2.30. The molecular weight excluding hydrogens is 216 g/mol. The zero-order chi connectivity index (χ0) is 12.7. The molecule has 4 N–H and O–H groups in total. The molecule has 0 aliphatic heterocycles. The van der Waals surface area contributed by atoms with Crippen molar-refractivity contribution in [1.29, 1.82) is 0 Å². The Labute approximate surface area is 102 Å². The Kier molecular flexibility index (Phi) is 5.15. The highest BCUT2D eigenvalue weighted by Crippen LogP contribution is 2.30. The number of anilines is 1. The van der Waals surface area contributed by atoms with Crippen molar-refractivity contribution in [3.8, 4) is 0 Å². The van der Waals surface area contributed by atoms with Gasteiger partial charge >= 0.3 is 0 Å². The van der Waals surface area contributed by atoms with Gasteiger partial charge in [-0.2, -0.15) is 0 Å². The van der Waals surface area contributed by atoms with Gasteiger partial charge in [-0.15, -0.1) is 0 Å². The fourth-order valence-corrected chi connectivity index (χ4v) is 2.18. The normalized spacial score (nSPS) is 11.5. The van der Waals surface area contributed by atoms with Crippen molar-refractivity contribution in [2.75, 3.05) is 11.9 Å². The molecule has 0 spiro atoms. The van der Waals surface area contributed by atoms with Crippen molar-refractivity contribution in [3.05, 3.63) is 12.4 Å². The second-order valence-corrected chi connectivity index (χ2v) is 4.38. The predicted octanol–water partition coefficient (Wildman–Crippen LogP) is 1.89. The predicted molar refractivity (Wildman–Crippen MR) is 68.5 cm³/mol. The first-order valence-electron chi connectivity index (χ1n) is 6.19. The third kappa shape index (κ3) is 3.30. The maximum Gasteiger partial charge on any atom is 0.234 e. The minimum atomic E-state index is -0.462. The van der Waals surface area contributed by atoms with Crippen molar-refractivity contribution in [1.82, 2.24) is 9.97 Å². The zero-order valence-electron chi connectivity index (χ0n) is 10.6. The lowest BCUT2D eigenvalue weighted by atomic mass is 9.78. The van der Waals surface area contributed by atoms with Crippen molar-refractivity contribution in [2.45, 2.75) is 39.5 Å². The second-order valence-electron chi connectivity index (χ2n) is 4.38. The smallest absolute Gasteiger partial charge is 0.234 e. The molecule has 1 rings (SSSR count). The highest BCUT2D eigenvalue weighted by molar-refractivity contribution is 5.94. The third-order valence-corrected chi connectivity index (χ3v) is 3.06. The molecule has 0 atom stereocenters. The number of aromatic nitrogens is 2. The molecule has 1 amide bonds. The number of aromatic amines is 1. The topological polar surface area (TPSA) is 83.8 Å². The van der Waals surface area contributed by atoms with E-state index in [4.69, 9.17) is 5.73 Å². The average molecular weight is 238 g/mol. The minimum Gasteiger partial charge on any atom is -0.331 e. The number of nitrogens with zero attached hydrogens (tertiary/aromatic N) is 1. The van der Waals surface area contributed by atoms with E-state index in [2.05, 4.69) is 29.1 Å². The summed E-state index contributed by atoms with van der Waals surface area (Å²) in [5.74, 6) is 0.457. The van der Waals surface area contributed by atoms with Crippen molar-refractivity contribution in [3.63, 3.8) is 0 Å². The molecule has 0 aromatic carbocycles. The maximum absolute atomic E-state index is 12.3. The largest absolute Gasteiger partial charge is 0.331 e.